The lowest BCUT2D eigenvalue weighted by atomic mass is 9.55. The van der Waals surface area contributed by atoms with Crippen LogP contribution in [-0.4, -0.2) is 18.9 Å². The van der Waals surface area contributed by atoms with Gasteiger partial charge in [0.1, 0.15) is 6.73 Å². The van der Waals surface area contributed by atoms with Crippen LogP contribution >= 0.6 is 0 Å². The van der Waals surface area contributed by atoms with Gasteiger partial charge in [-0.1, -0.05) is 0 Å². The Hall–Kier alpha value is -0.770. The highest BCUT2D eigenvalue weighted by Gasteiger charge is 2.48. The molecule has 4 bridgehead atoms. The molecule has 0 saturated heterocycles. The number of ether oxygens (including phenoxy) is 1. The van der Waals surface area contributed by atoms with Gasteiger partial charge in [-0.2, -0.15) is 0 Å². The molecular formula is C12H20N2O2. The summed E-state index contributed by atoms with van der Waals surface area (Å²) in [7, 11) is 0. The van der Waals surface area contributed by atoms with E-state index >= 15 is 0 Å². The van der Waals surface area contributed by atoms with Crippen LogP contribution in [0, 0.1) is 23.7 Å². The number of amides is 2. The van der Waals surface area contributed by atoms with Crippen LogP contribution in [0.4, 0.5) is 4.79 Å². The third-order valence-corrected chi connectivity index (χ3v) is 4.66. The van der Waals surface area contributed by atoms with Crippen molar-refractivity contribution in [2.45, 2.75) is 38.2 Å². The van der Waals surface area contributed by atoms with Crippen molar-refractivity contribution in [1.82, 2.24) is 5.32 Å². The summed E-state index contributed by atoms with van der Waals surface area (Å²) in [6, 6.07) is -0.496. The molecule has 4 rings (SSSR count). The molecule has 4 fully saturated rings. The quantitative estimate of drug-likeness (QED) is 0.713. The summed E-state index contributed by atoms with van der Waals surface area (Å²) in [5, 5.41) is 2.52. The fourth-order valence-electron chi connectivity index (χ4n) is 4.36. The van der Waals surface area contributed by atoms with Gasteiger partial charge in [0.2, 0.25) is 0 Å². The van der Waals surface area contributed by atoms with Crippen molar-refractivity contribution in [3.63, 3.8) is 0 Å². The van der Waals surface area contributed by atoms with Crippen molar-refractivity contribution in [2.24, 2.45) is 29.4 Å². The van der Waals surface area contributed by atoms with E-state index in [9.17, 15) is 4.79 Å². The van der Waals surface area contributed by atoms with Gasteiger partial charge in [0.25, 0.3) is 0 Å². The number of carbonyl (C=O) groups is 1. The number of urea groups is 1. The molecule has 4 saturated carbocycles. The fraction of sp³-hybridized carbons (Fsp3) is 0.917. The van der Waals surface area contributed by atoms with E-state index in [0.29, 0.717) is 6.10 Å². The van der Waals surface area contributed by atoms with Crippen LogP contribution in [0.25, 0.3) is 0 Å². The Kier molecular flexibility index (Phi) is 2.54. The number of hydrogen-bond donors (Lipinski definition) is 2. The number of nitrogens with one attached hydrogen (secondary N) is 1. The minimum Gasteiger partial charge on any atom is -0.357 e. The van der Waals surface area contributed by atoms with Crippen molar-refractivity contribution in [2.75, 3.05) is 6.73 Å². The van der Waals surface area contributed by atoms with Gasteiger partial charge in [-0.25, -0.2) is 4.79 Å². The molecule has 0 aromatic heterocycles. The molecule has 0 heterocycles. The number of carbonyl (C=O) groups excluding carboxylic acids is 1. The third-order valence-electron chi connectivity index (χ3n) is 4.66. The standard InChI is InChI=1S/C12H20N2O2/c13-12(15)14-6-16-11-9-2-7-1-8(4-9)5-10(11)3-7/h7-11H,1-6H2,(H3,13,14,15). The largest absolute Gasteiger partial charge is 0.357 e. The SMILES string of the molecule is NC(=O)NCOC1C2CC3CC(C2)CC1C3. The van der Waals surface area contributed by atoms with Crippen molar-refractivity contribution >= 4 is 6.03 Å². The summed E-state index contributed by atoms with van der Waals surface area (Å²) in [6.45, 7) is 0.280. The average molecular weight is 224 g/mol. The summed E-state index contributed by atoms with van der Waals surface area (Å²) in [5.41, 5.74) is 5.02. The number of nitrogens with two attached hydrogens (primary N) is 1. The monoisotopic (exact) mass is 224 g/mol. The lowest BCUT2D eigenvalue weighted by molar-refractivity contribution is -0.128. The van der Waals surface area contributed by atoms with Gasteiger partial charge in [0.15, 0.2) is 0 Å². The summed E-state index contributed by atoms with van der Waals surface area (Å²) < 4.78 is 5.82. The summed E-state index contributed by atoms with van der Waals surface area (Å²) in [5.74, 6) is 3.41. The Morgan fingerprint density at radius 1 is 1.12 bits per heavy atom. The molecule has 0 unspecified atom stereocenters. The molecule has 4 aliphatic carbocycles. The number of hydrogen-bond acceptors (Lipinski definition) is 2. The maximum Gasteiger partial charge on any atom is 0.313 e. The Labute approximate surface area is 95.9 Å². The predicted octanol–water partition coefficient (Wildman–Crippen LogP) is 1.45. The number of primary amides is 1. The molecule has 0 spiro atoms. The summed E-state index contributed by atoms with van der Waals surface area (Å²) in [6.07, 6.45) is 7.20. The fourth-order valence-corrected chi connectivity index (χ4v) is 4.36. The minimum atomic E-state index is -0.496. The minimum absolute atomic E-state index is 0.280. The molecule has 4 nitrogen and oxygen atoms in total. The highest BCUT2D eigenvalue weighted by Crippen LogP contribution is 2.54. The van der Waals surface area contributed by atoms with E-state index in [-0.39, 0.29) is 6.73 Å². The summed E-state index contributed by atoms with van der Waals surface area (Å²) >= 11 is 0. The molecule has 3 N–H and O–H groups in total. The zero-order chi connectivity index (χ0) is 11.1. The van der Waals surface area contributed by atoms with Gasteiger partial charge >= 0.3 is 6.03 Å². The van der Waals surface area contributed by atoms with Crippen LogP contribution in [0.2, 0.25) is 0 Å². The van der Waals surface area contributed by atoms with Crippen molar-refractivity contribution in [1.29, 1.82) is 0 Å². The molecular weight excluding hydrogens is 204 g/mol. The van der Waals surface area contributed by atoms with Crippen molar-refractivity contribution in [3.05, 3.63) is 0 Å². The predicted molar refractivity (Wildman–Crippen MR) is 59.5 cm³/mol. The van der Waals surface area contributed by atoms with E-state index in [1.54, 1.807) is 0 Å². The molecule has 0 aliphatic heterocycles. The first kappa shape index (κ1) is 10.4. The van der Waals surface area contributed by atoms with Crippen LogP contribution in [-0.2, 0) is 4.74 Å². The molecule has 16 heavy (non-hydrogen) atoms. The van der Waals surface area contributed by atoms with Crippen molar-refractivity contribution < 1.29 is 9.53 Å². The van der Waals surface area contributed by atoms with Gasteiger partial charge in [-0.3, -0.25) is 0 Å². The molecule has 4 aliphatic rings. The van der Waals surface area contributed by atoms with Gasteiger partial charge in [0, 0.05) is 0 Å². The van der Waals surface area contributed by atoms with Crippen LogP contribution in [0.5, 0.6) is 0 Å². The molecule has 2 amide bonds. The van der Waals surface area contributed by atoms with Crippen LogP contribution < -0.4 is 11.1 Å². The number of rotatable bonds is 3. The lowest BCUT2D eigenvalue weighted by Gasteiger charge is -2.53. The van der Waals surface area contributed by atoms with Crippen molar-refractivity contribution in [3.8, 4) is 0 Å². The average Bonchev–Trinajstić information content (AvgIpc) is 2.20. The second-order valence-corrected chi connectivity index (χ2v) is 5.75. The lowest BCUT2D eigenvalue weighted by Crippen LogP contribution is -2.50. The maximum absolute atomic E-state index is 10.6. The first-order valence-corrected chi connectivity index (χ1v) is 6.37. The molecule has 0 atom stereocenters. The van der Waals surface area contributed by atoms with Crippen LogP contribution in [0.3, 0.4) is 0 Å². The van der Waals surface area contributed by atoms with E-state index in [2.05, 4.69) is 5.32 Å². The molecule has 0 aromatic rings. The highest BCUT2D eigenvalue weighted by atomic mass is 16.5. The van der Waals surface area contributed by atoms with E-state index in [0.717, 1.165) is 23.7 Å². The van der Waals surface area contributed by atoms with E-state index in [1.807, 2.05) is 0 Å². The second-order valence-electron chi connectivity index (χ2n) is 5.75. The van der Waals surface area contributed by atoms with Gasteiger partial charge in [-0.15, -0.1) is 0 Å². The zero-order valence-electron chi connectivity index (χ0n) is 9.52. The van der Waals surface area contributed by atoms with E-state index in [1.165, 1.54) is 32.1 Å². The molecule has 90 valence electrons. The molecule has 4 heteroatoms. The zero-order valence-corrected chi connectivity index (χ0v) is 9.52. The highest BCUT2D eigenvalue weighted by molar-refractivity contribution is 5.71. The Morgan fingerprint density at radius 2 is 1.69 bits per heavy atom. The second kappa shape index (κ2) is 3.91. The van der Waals surface area contributed by atoms with Crippen LogP contribution in [0.15, 0.2) is 0 Å². The first-order chi connectivity index (χ1) is 7.72. The molecule has 0 radical (unpaired) electrons. The Bertz CT molecular complexity index is 265. The van der Waals surface area contributed by atoms with E-state index < -0.39 is 6.03 Å². The molecule has 0 aromatic carbocycles. The van der Waals surface area contributed by atoms with E-state index in [4.69, 9.17) is 10.5 Å². The topological polar surface area (TPSA) is 64.4 Å². The smallest absolute Gasteiger partial charge is 0.313 e. The Balaban J connectivity index is 1.57. The normalized spacial score (nSPS) is 44.6. The Morgan fingerprint density at radius 3 is 2.19 bits per heavy atom. The van der Waals surface area contributed by atoms with Gasteiger partial charge < -0.3 is 15.8 Å². The van der Waals surface area contributed by atoms with Gasteiger partial charge in [0.05, 0.1) is 6.10 Å². The maximum atomic E-state index is 10.6. The summed E-state index contributed by atoms with van der Waals surface area (Å²) in [4.78, 5) is 10.6. The van der Waals surface area contributed by atoms with Crippen LogP contribution in [0.1, 0.15) is 32.1 Å². The van der Waals surface area contributed by atoms with Gasteiger partial charge in [-0.05, 0) is 55.8 Å². The third kappa shape index (κ3) is 1.79. The first-order valence-electron chi connectivity index (χ1n) is 6.37.